The van der Waals surface area contributed by atoms with E-state index in [9.17, 15) is 4.79 Å². The quantitative estimate of drug-likeness (QED) is 0.776. The van der Waals surface area contributed by atoms with E-state index in [1.54, 1.807) is 7.11 Å². The van der Waals surface area contributed by atoms with Gasteiger partial charge in [-0.25, -0.2) is 0 Å². The number of methoxy groups -OCH3 is 1. The molecule has 1 aromatic carbocycles. The van der Waals surface area contributed by atoms with Crippen LogP contribution < -0.4 is 4.74 Å². The zero-order valence-electron chi connectivity index (χ0n) is 13.9. The van der Waals surface area contributed by atoms with Crippen molar-refractivity contribution in [2.45, 2.75) is 32.6 Å². The molecule has 4 nitrogen and oxygen atoms in total. The summed E-state index contributed by atoms with van der Waals surface area (Å²) in [5.74, 6) is 1.23. The minimum absolute atomic E-state index is 0.320. The molecule has 1 amide bonds. The Morgan fingerprint density at radius 3 is 2.41 bits per heavy atom. The zero-order chi connectivity index (χ0) is 15.8. The first-order valence-corrected chi connectivity index (χ1v) is 8.36. The third-order valence-electron chi connectivity index (χ3n) is 4.29. The first-order chi connectivity index (χ1) is 10.7. The van der Waals surface area contributed by atoms with Gasteiger partial charge >= 0.3 is 0 Å². The molecule has 0 radical (unpaired) electrons. The second-order valence-corrected chi connectivity index (χ2v) is 5.92. The zero-order valence-corrected chi connectivity index (χ0v) is 13.9. The van der Waals surface area contributed by atoms with E-state index in [-0.39, 0.29) is 0 Å². The molecule has 0 spiro atoms. The highest BCUT2D eigenvalue weighted by atomic mass is 16.5. The molecule has 0 bridgehead atoms. The van der Waals surface area contributed by atoms with Crippen LogP contribution >= 0.6 is 0 Å². The van der Waals surface area contributed by atoms with Gasteiger partial charge in [0.15, 0.2) is 0 Å². The Hall–Kier alpha value is -1.55. The maximum absolute atomic E-state index is 11.9. The van der Waals surface area contributed by atoms with Crippen LogP contribution in [-0.2, 0) is 11.2 Å². The average Bonchev–Trinajstić information content (AvgIpc) is 2.56. The number of ether oxygens (including phenoxy) is 1. The van der Waals surface area contributed by atoms with Crippen molar-refractivity contribution in [2.75, 3.05) is 39.8 Å². The van der Waals surface area contributed by atoms with Gasteiger partial charge in [0.05, 0.1) is 7.11 Å². The van der Waals surface area contributed by atoms with Crippen molar-refractivity contribution in [1.29, 1.82) is 0 Å². The fraction of sp³-hybridized carbons (Fsp3) is 0.611. The van der Waals surface area contributed by atoms with Gasteiger partial charge in [0.2, 0.25) is 5.91 Å². The molecular formula is C18H28N2O2. The number of hydrogen-bond donors (Lipinski definition) is 0. The molecule has 0 saturated carbocycles. The monoisotopic (exact) mass is 304 g/mol. The largest absolute Gasteiger partial charge is 0.497 e. The van der Waals surface area contributed by atoms with Gasteiger partial charge in [0.25, 0.3) is 0 Å². The van der Waals surface area contributed by atoms with Crippen LogP contribution in [0.25, 0.3) is 0 Å². The number of aryl methyl sites for hydroxylation is 1. The molecular weight excluding hydrogens is 276 g/mol. The molecule has 2 rings (SSSR count). The smallest absolute Gasteiger partial charge is 0.222 e. The summed E-state index contributed by atoms with van der Waals surface area (Å²) in [7, 11) is 1.69. The Bertz CT molecular complexity index is 451. The number of carbonyl (C=O) groups is 1. The highest BCUT2D eigenvalue weighted by Gasteiger charge is 2.19. The van der Waals surface area contributed by atoms with Crippen LogP contribution in [0, 0.1) is 0 Å². The lowest BCUT2D eigenvalue weighted by atomic mass is 10.1. The summed E-state index contributed by atoms with van der Waals surface area (Å²) in [5, 5.41) is 0. The standard InChI is InChI=1S/C18H28N2O2/c1-3-5-18(21)20-14-12-19(13-15-20)11-4-6-16-7-9-17(22-2)10-8-16/h7-10H,3-6,11-15H2,1-2H3. The Kier molecular flexibility index (Phi) is 6.72. The normalized spacial score (nSPS) is 15.8. The molecule has 22 heavy (non-hydrogen) atoms. The van der Waals surface area contributed by atoms with Crippen LogP contribution in [0.4, 0.5) is 0 Å². The van der Waals surface area contributed by atoms with Crippen molar-refractivity contribution >= 4 is 5.91 Å². The number of benzene rings is 1. The van der Waals surface area contributed by atoms with Crippen LogP contribution in [-0.4, -0.2) is 55.5 Å². The molecule has 0 aromatic heterocycles. The Labute approximate surface area is 134 Å². The molecule has 1 saturated heterocycles. The molecule has 0 unspecified atom stereocenters. The van der Waals surface area contributed by atoms with Gasteiger partial charge in [-0.05, 0) is 43.5 Å². The topological polar surface area (TPSA) is 32.8 Å². The van der Waals surface area contributed by atoms with E-state index in [0.717, 1.165) is 57.7 Å². The maximum Gasteiger partial charge on any atom is 0.222 e. The minimum Gasteiger partial charge on any atom is -0.497 e. The Morgan fingerprint density at radius 2 is 1.82 bits per heavy atom. The van der Waals surface area contributed by atoms with E-state index in [2.05, 4.69) is 24.0 Å². The van der Waals surface area contributed by atoms with Crippen molar-refractivity contribution in [2.24, 2.45) is 0 Å². The fourth-order valence-electron chi connectivity index (χ4n) is 2.89. The van der Waals surface area contributed by atoms with Gasteiger partial charge < -0.3 is 9.64 Å². The van der Waals surface area contributed by atoms with Crippen LogP contribution in [0.3, 0.4) is 0 Å². The molecule has 1 aromatic rings. The minimum atomic E-state index is 0.320. The van der Waals surface area contributed by atoms with Gasteiger partial charge in [0.1, 0.15) is 5.75 Å². The fourth-order valence-corrected chi connectivity index (χ4v) is 2.89. The second kappa shape index (κ2) is 8.79. The van der Waals surface area contributed by atoms with Gasteiger partial charge in [-0.1, -0.05) is 19.1 Å². The van der Waals surface area contributed by atoms with Crippen molar-refractivity contribution in [3.63, 3.8) is 0 Å². The van der Waals surface area contributed by atoms with E-state index >= 15 is 0 Å². The van der Waals surface area contributed by atoms with Gasteiger partial charge in [-0.15, -0.1) is 0 Å². The first-order valence-electron chi connectivity index (χ1n) is 8.36. The number of nitrogens with zero attached hydrogens (tertiary/aromatic N) is 2. The lowest BCUT2D eigenvalue weighted by molar-refractivity contribution is -0.132. The molecule has 4 heteroatoms. The SMILES string of the molecule is CCCC(=O)N1CCN(CCCc2ccc(OC)cc2)CC1. The number of piperazine rings is 1. The van der Waals surface area contributed by atoms with Crippen LogP contribution in [0.1, 0.15) is 31.7 Å². The maximum atomic E-state index is 11.9. The molecule has 1 aliphatic heterocycles. The number of carbonyl (C=O) groups excluding carboxylic acids is 1. The predicted octanol–water partition coefficient (Wildman–Crippen LogP) is 2.57. The average molecular weight is 304 g/mol. The number of amides is 1. The van der Waals surface area contributed by atoms with Gasteiger partial charge in [0, 0.05) is 32.6 Å². The molecule has 0 atom stereocenters. The lowest BCUT2D eigenvalue weighted by Crippen LogP contribution is -2.48. The summed E-state index contributed by atoms with van der Waals surface area (Å²) < 4.78 is 5.18. The molecule has 1 aliphatic rings. The highest BCUT2D eigenvalue weighted by molar-refractivity contribution is 5.76. The van der Waals surface area contributed by atoms with Crippen LogP contribution in [0.2, 0.25) is 0 Å². The van der Waals surface area contributed by atoms with Crippen molar-refractivity contribution < 1.29 is 9.53 Å². The third kappa shape index (κ3) is 5.02. The lowest BCUT2D eigenvalue weighted by Gasteiger charge is -2.34. The summed E-state index contributed by atoms with van der Waals surface area (Å²) in [5.41, 5.74) is 1.36. The molecule has 1 heterocycles. The highest BCUT2D eigenvalue weighted by Crippen LogP contribution is 2.13. The molecule has 122 valence electrons. The summed E-state index contributed by atoms with van der Waals surface area (Å²) in [4.78, 5) is 16.3. The third-order valence-corrected chi connectivity index (χ3v) is 4.29. The van der Waals surface area contributed by atoms with Crippen LogP contribution in [0.5, 0.6) is 5.75 Å². The summed E-state index contributed by atoms with van der Waals surface area (Å²) in [6, 6.07) is 8.32. The number of hydrogen-bond acceptors (Lipinski definition) is 3. The number of rotatable bonds is 7. The molecule has 0 N–H and O–H groups in total. The second-order valence-electron chi connectivity index (χ2n) is 5.92. The summed E-state index contributed by atoms with van der Waals surface area (Å²) in [6.07, 6.45) is 3.90. The van der Waals surface area contributed by atoms with E-state index in [4.69, 9.17) is 4.74 Å². The van der Waals surface area contributed by atoms with Crippen molar-refractivity contribution in [3.05, 3.63) is 29.8 Å². The Balaban J connectivity index is 1.65. The van der Waals surface area contributed by atoms with Crippen molar-refractivity contribution in [3.8, 4) is 5.75 Å². The summed E-state index contributed by atoms with van der Waals surface area (Å²) >= 11 is 0. The molecule has 0 aliphatic carbocycles. The van der Waals surface area contributed by atoms with E-state index in [1.165, 1.54) is 5.56 Å². The van der Waals surface area contributed by atoms with E-state index < -0.39 is 0 Å². The van der Waals surface area contributed by atoms with E-state index in [0.29, 0.717) is 12.3 Å². The Morgan fingerprint density at radius 1 is 1.14 bits per heavy atom. The van der Waals surface area contributed by atoms with Gasteiger partial charge in [-0.2, -0.15) is 0 Å². The molecule has 1 fully saturated rings. The van der Waals surface area contributed by atoms with Crippen molar-refractivity contribution in [1.82, 2.24) is 9.80 Å². The first kappa shape index (κ1) is 16.8. The summed E-state index contributed by atoms with van der Waals surface area (Å²) in [6.45, 7) is 6.98. The van der Waals surface area contributed by atoms with E-state index in [1.807, 2.05) is 17.0 Å². The van der Waals surface area contributed by atoms with Crippen LogP contribution in [0.15, 0.2) is 24.3 Å². The van der Waals surface area contributed by atoms with Gasteiger partial charge in [-0.3, -0.25) is 9.69 Å². The predicted molar refractivity (Wildman–Crippen MR) is 89.2 cm³/mol.